The molecule has 0 spiro atoms. The highest BCUT2D eigenvalue weighted by molar-refractivity contribution is 6.92. The molecule has 0 aliphatic heterocycles. The summed E-state index contributed by atoms with van der Waals surface area (Å²) in [6.45, 7) is 32.0. The molecule has 0 heterocycles. The van der Waals surface area contributed by atoms with E-state index in [2.05, 4.69) is 85.1 Å². The third-order valence-corrected chi connectivity index (χ3v) is 27.0. The van der Waals surface area contributed by atoms with Crippen LogP contribution in [0.15, 0.2) is 0 Å². The fourth-order valence-electron chi connectivity index (χ4n) is 3.66. The summed E-state index contributed by atoms with van der Waals surface area (Å²) < 4.78 is 40.2. The molecule has 7 nitrogen and oxygen atoms in total. The van der Waals surface area contributed by atoms with Gasteiger partial charge in [-0.2, -0.15) is 0 Å². The van der Waals surface area contributed by atoms with Crippen LogP contribution in [0.4, 0.5) is 0 Å². The van der Waals surface area contributed by atoms with Crippen molar-refractivity contribution in [1.29, 1.82) is 0 Å². The van der Waals surface area contributed by atoms with E-state index in [0.29, 0.717) is 12.5 Å². The molecule has 0 amide bonds. The third-order valence-electron chi connectivity index (χ3n) is 3.56. The van der Waals surface area contributed by atoms with Crippen molar-refractivity contribution < 1.29 is 29.8 Å². The molecule has 0 aromatic heterocycles. The normalized spacial score (nSPS) is 15.4. The molecule has 0 aromatic carbocycles. The number of hydrogen-bond acceptors (Lipinski definition) is 7. The van der Waals surface area contributed by atoms with E-state index in [9.17, 15) is 5.11 Å². The number of aliphatic hydroxyl groups is 1. The van der Waals surface area contributed by atoms with Gasteiger partial charge in [-0.15, -0.1) is 0 Å². The zero-order valence-electron chi connectivity index (χ0n) is 23.5. The maximum Gasteiger partial charge on any atom is 0.467 e. The van der Waals surface area contributed by atoms with Crippen LogP contribution in [0.3, 0.4) is 0 Å². The molecule has 32 heavy (non-hydrogen) atoms. The molecule has 0 aliphatic rings. The summed E-state index contributed by atoms with van der Waals surface area (Å²) in [7, 11) is -16.7. The Morgan fingerprint density at radius 1 is 0.438 bits per heavy atom. The van der Waals surface area contributed by atoms with Gasteiger partial charge in [0.05, 0.1) is 0 Å². The van der Waals surface area contributed by atoms with E-state index < -0.39 is 59.4 Å². The molecule has 0 radical (unpaired) electrons. The lowest BCUT2D eigenvalue weighted by atomic mass is 10.5. The molecule has 0 saturated heterocycles. The topological polar surface area (TPSA) is 75.6 Å². The van der Waals surface area contributed by atoms with E-state index >= 15 is 0 Å². The van der Waals surface area contributed by atoms with Crippen LogP contribution in [-0.2, 0) is 24.7 Å². The minimum absolute atomic E-state index is 0.0827. The van der Waals surface area contributed by atoms with Crippen molar-refractivity contribution in [3.05, 3.63) is 0 Å². The van der Waals surface area contributed by atoms with Crippen molar-refractivity contribution in [1.82, 2.24) is 0 Å². The van der Waals surface area contributed by atoms with Crippen LogP contribution in [0, 0.1) is 0 Å². The van der Waals surface area contributed by atoms with E-state index in [4.69, 9.17) is 24.7 Å². The minimum atomic E-state index is -3.01. The maximum atomic E-state index is 9.61. The van der Waals surface area contributed by atoms with E-state index in [-0.39, 0.29) is 6.61 Å². The van der Waals surface area contributed by atoms with Crippen molar-refractivity contribution in [2.75, 3.05) is 6.61 Å². The molecule has 0 aliphatic carbocycles. The smallest absolute Gasteiger partial charge is 0.417 e. The minimum Gasteiger partial charge on any atom is -0.417 e. The maximum absolute atomic E-state index is 9.61. The van der Waals surface area contributed by atoms with E-state index in [1.807, 2.05) is 13.1 Å². The fourth-order valence-corrected chi connectivity index (χ4v) is 33.1. The van der Waals surface area contributed by atoms with Crippen LogP contribution >= 0.6 is 0 Å². The summed E-state index contributed by atoms with van der Waals surface area (Å²) in [6.07, 6.45) is 0.595. The second-order valence-corrected chi connectivity index (χ2v) is 40.8. The zero-order chi connectivity index (χ0) is 25.9. The van der Waals surface area contributed by atoms with Crippen LogP contribution in [0.5, 0.6) is 0 Å². The Balaban J connectivity index is 6.25. The van der Waals surface area contributed by atoms with Gasteiger partial charge in [0.1, 0.15) is 0 Å². The van der Waals surface area contributed by atoms with E-state index in [1.54, 1.807) is 0 Å². The van der Waals surface area contributed by atoms with Gasteiger partial charge in [-0.1, -0.05) is 0 Å². The first-order valence-corrected chi connectivity index (χ1v) is 32.2. The van der Waals surface area contributed by atoms with Crippen molar-refractivity contribution in [3.63, 3.8) is 0 Å². The largest absolute Gasteiger partial charge is 0.467 e. The molecule has 0 fully saturated rings. The van der Waals surface area contributed by atoms with Gasteiger partial charge in [-0.05, 0) is 97.6 Å². The lowest BCUT2D eigenvalue weighted by Crippen LogP contribution is -2.65. The Morgan fingerprint density at radius 2 is 0.688 bits per heavy atom. The average molecular weight is 577 g/mol. The molecule has 0 rings (SSSR count). The molecule has 0 atom stereocenters. The first kappa shape index (κ1) is 33.2. The molecule has 1 N–H and O–H groups in total. The highest BCUT2D eigenvalue weighted by Gasteiger charge is 2.54. The van der Waals surface area contributed by atoms with Gasteiger partial charge in [0.2, 0.25) is 0 Å². The van der Waals surface area contributed by atoms with E-state index in [0.717, 1.165) is 0 Å². The molecular weight excluding hydrogens is 525 g/mol. The summed E-state index contributed by atoms with van der Waals surface area (Å²) in [5.74, 6) is 0. The predicted molar refractivity (Wildman–Crippen MR) is 151 cm³/mol. The second-order valence-electron chi connectivity index (χ2n) is 12.7. The molecule has 0 aromatic rings. The van der Waals surface area contributed by atoms with Crippen LogP contribution in [0.1, 0.15) is 6.42 Å². The molecule has 14 heteroatoms. The van der Waals surface area contributed by atoms with Crippen molar-refractivity contribution in [2.24, 2.45) is 0 Å². The van der Waals surface area contributed by atoms with Gasteiger partial charge in [0, 0.05) is 19.7 Å². The summed E-state index contributed by atoms with van der Waals surface area (Å²) in [6, 6.07) is 0.628. The Hall–Kier alpha value is 1.24. The molecule has 0 bridgehead atoms. The lowest BCUT2D eigenvalue weighted by Gasteiger charge is -2.46. The first-order chi connectivity index (χ1) is 13.8. The van der Waals surface area contributed by atoms with E-state index in [1.165, 1.54) is 0 Å². The third kappa shape index (κ3) is 16.0. The van der Waals surface area contributed by atoms with Crippen molar-refractivity contribution >= 4 is 59.4 Å². The summed E-state index contributed by atoms with van der Waals surface area (Å²) in [5.41, 5.74) is 0. The van der Waals surface area contributed by atoms with Crippen LogP contribution < -0.4 is 0 Å². The van der Waals surface area contributed by atoms with Gasteiger partial charge in [-0.3, -0.25) is 0 Å². The summed E-state index contributed by atoms with van der Waals surface area (Å²) in [5, 5.41) is 9.61. The van der Waals surface area contributed by atoms with Crippen molar-refractivity contribution in [3.8, 4) is 0 Å². The average Bonchev–Trinajstić information content (AvgIpc) is 2.34. The highest BCUT2D eigenvalue weighted by Crippen LogP contribution is 2.32. The summed E-state index contributed by atoms with van der Waals surface area (Å²) >= 11 is 0. The molecule has 0 unspecified atom stereocenters. The zero-order valence-corrected chi connectivity index (χ0v) is 30.5. The van der Waals surface area contributed by atoms with Crippen LogP contribution in [0.25, 0.3) is 0 Å². The van der Waals surface area contributed by atoms with Gasteiger partial charge < -0.3 is 29.8 Å². The standard InChI is InChI=1S/C18H52O7Si7/c1-26(2,3)20-31(14,21-27(4,5)6)24-30(13,18-16-17-19)25-32(15,22-28(7,8)9)23-29(10,11)12/h19H,16-18H2,1-15H3. The van der Waals surface area contributed by atoms with Crippen molar-refractivity contribution in [2.45, 2.75) is 111 Å². The summed E-state index contributed by atoms with van der Waals surface area (Å²) in [4.78, 5) is 0. The Labute approximate surface area is 206 Å². The molecule has 194 valence electrons. The Bertz CT molecular complexity index is 504. The van der Waals surface area contributed by atoms with Gasteiger partial charge in [-0.25, -0.2) is 0 Å². The second kappa shape index (κ2) is 11.5. The quantitative estimate of drug-likeness (QED) is 0.239. The number of aliphatic hydroxyl groups excluding tert-OH is 1. The number of rotatable bonds is 15. The van der Waals surface area contributed by atoms with Crippen LogP contribution in [-0.4, -0.2) is 71.2 Å². The Kier molecular flexibility index (Phi) is 12.0. The monoisotopic (exact) mass is 576 g/mol. The number of hydrogen-bond donors (Lipinski definition) is 1. The predicted octanol–water partition coefficient (Wildman–Crippen LogP) is 6.02. The fraction of sp³-hybridized carbons (Fsp3) is 1.00. The van der Waals surface area contributed by atoms with Gasteiger partial charge in [0.25, 0.3) is 0 Å². The van der Waals surface area contributed by atoms with Gasteiger partial charge in [0.15, 0.2) is 33.3 Å². The SMILES string of the molecule is C[Si](C)(C)O[Si](C)(O[Si](C)(C)C)O[Si](C)(CCCO)O[Si](C)(O[Si](C)(C)C)O[Si](C)(C)C. The molecule has 0 saturated carbocycles. The molecular formula is C18H52O7Si7. The first-order valence-electron chi connectivity index (χ1n) is 11.6. The van der Waals surface area contributed by atoms with Gasteiger partial charge >= 0.3 is 26.2 Å². The Morgan fingerprint density at radius 3 is 0.875 bits per heavy atom. The van der Waals surface area contributed by atoms with Crippen LogP contribution in [0.2, 0.25) is 104 Å². The highest BCUT2D eigenvalue weighted by atomic mass is 28.5. The lowest BCUT2D eigenvalue weighted by molar-refractivity contribution is 0.192.